The zero-order valence-electron chi connectivity index (χ0n) is 11.7. The minimum atomic E-state index is -0.900. The van der Waals surface area contributed by atoms with E-state index in [0.29, 0.717) is 6.42 Å². The molecule has 3 rings (SSSR count). The highest BCUT2D eigenvalue weighted by molar-refractivity contribution is 5.83. The van der Waals surface area contributed by atoms with Crippen LogP contribution in [0.4, 0.5) is 4.79 Å². The second-order valence-corrected chi connectivity index (χ2v) is 4.81. The molecule has 0 radical (unpaired) electrons. The van der Waals surface area contributed by atoms with E-state index in [2.05, 4.69) is 19.9 Å². The molecule has 0 fully saturated rings. The van der Waals surface area contributed by atoms with Gasteiger partial charge in [0, 0.05) is 17.1 Å². The largest absolute Gasteiger partial charge is 0.440 e. The van der Waals surface area contributed by atoms with Crippen LogP contribution in [0.15, 0.2) is 34.9 Å². The van der Waals surface area contributed by atoms with Crippen LogP contribution in [0.3, 0.4) is 0 Å². The number of aromatic nitrogens is 3. The van der Waals surface area contributed by atoms with E-state index in [1.807, 2.05) is 30.5 Å². The first-order valence-corrected chi connectivity index (χ1v) is 6.68. The highest BCUT2D eigenvalue weighted by Gasteiger charge is 2.17. The molecule has 0 spiro atoms. The summed E-state index contributed by atoms with van der Waals surface area (Å²) in [5, 5.41) is 8.74. The van der Waals surface area contributed by atoms with Crippen LogP contribution in [-0.4, -0.2) is 21.3 Å². The average Bonchev–Trinajstić information content (AvgIpc) is 3.13. The molecule has 2 aromatic heterocycles. The number of aromatic amines is 1. The summed E-state index contributed by atoms with van der Waals surface area (Å²) in [5.41, 5.74) is 13.1. The summed E-state index contributed by atoms with van der Waals surface area (Å²) in [6.07, 6.45) is 1.56. The predicted molar refractivity (Wildman–Crippen MR) is 77.6 cm³/mol. The van der Waals surface area contributed by atoms with Crippen molar-refractivity contribution in [1.82, 2.24) is 15.2 Å². The smallest absolute Gasteiger partial charge is 0.405 e. The van der Waals surface area contributed by atoms with Gasteiger partial charge < -0.3 is 25.6 Å². The molecular weight excluding hydrogens is 286 g/mol. The number of hydrogen-bond donors (Lipinski definition) is 3. The third-order valence-electron chi connectivity index (χ3n) is 3.25. The molecule has 5 N–H and O–H groups in total. The van der Waals surface area contributed by atoms with Crippen LogP contribution >= 0.6 is 0 Å². The summed E-state index contributed by atoms with van der Waals surface area (Å²) >= 11 is 0. The van der Waals surface area contributed by atoms with E-state index < -0.39 is 12.1 Å². The molecule has 22 heavy (non-hydrogen) atoms. The molecule has 3 aromatic rings. The van der Waals surface area contributed by atoms with E-state index in [-0.39, 0.29) is 18.4 Å². The number of nitrogens with zero attached hydrogens (tertiary/aromatic N) is 2. The van der Waals surface area contributed by atoms with E-state index >= 15 is 0 Å². The number of fused-ring (bicyclic) bond motifs is 1. The fourth-order valence-corrected chi connectivity index (χ4v) is 2.23. The monoisotopic (exact) mass is 301 g/mol. The number of amides is 1. The van der Waals surface area contributed by atoms with Gasteiger partial charge in [0.05, 0.1) is 6.04 Å². The fraction of sp³-hybridized carbons (Fsp3) is 0.214. The highest BCUT2D eigenvalue weighted by atomic mass is 16.6. The van der Waals surface area contributed by atoms with Crippen LogP contribution in [0, 0.1) is 0 Å². The normalized spacial score (nSPS) is 12.4. The molecule has 1 unspecified atom stereocenters. The van der Waals surface area contributed by atoms with Crippen LogP contribution in [-0.2, 0) is 17.8 Å². The maximum Gasteiger partial charge on any atom is 0.405 e. The molecular formula is C14H15N5O3. The minimum Gasteiger partial charge on any atom is -0.440 e. The Balaban J connectivity index is 1.71. The van der Waals surface area contributed by atoms with Gasteiger partial charge in [-0.3, -0.25) is 0 Å². The van der Waals surface area contributed by atoms with Crippen molar-refractivity contribution in [3.8, 4) is 0 Å². The van der Waals surface area contributed by atoms with E-state index in [9.17, 15) is 4.79 Å². The SMILES string of the molecule is NC(=O)OCc1nnc(C(N)Cc2c[nH]c3ccccc23)o1. The van der Waals surface area contributed by atoms with Crippen LogP contribution in [0.25, 0.3) is 10.9 Å². The van der Waals surface area contributed by atoms with Gasteiger partial charge in [0.15, 0.2) is 6.61 Å². The Labute approximate surface area is 125 Å². The average molecular weight is 301 g/mol. The van der Waals surface area contributed by atoms with Gasteiger partial charge in [-0.1, -0.05) is 18.2 Å². The maximum absolute atomic E-state index is 10.5. The van der Waals surface area contributed by atoms with Gasteiger partial charge in [-0.25, -0.2) is 4.79 Å². The second-order valence-electron chi connectivity index (χ2n) is 4.81. The number of para-hydroxylation sites is 1. The van der Waals surface area contributed by atoms with E-state index in [1.165, 1.54) is 0 Å². The molecule has 0 bridgehead atoms. The van der Waals surface area contributed by atoms with Crippen LogP contribution < -0.4 is 11.5 Å². The Morgan fingerprint density at radius 2 is 2.18 bits per heavy atom. The van der Waals surface area contributed by atoms with Crippen LogP contribution in [0.2, 0.25) is 0 Å². The lowest BCUT2D eigenvalue weighted by Crippen LogP contribution is -2.13. The number of hydrogen-bond acceptors (Lipinski definition) is 6. The van der Waals surface area contributed by atoms with Crippen molar-refractivity contribution in [3.05, 3.63) is 47.8 Å². The molecule has 114 valence electrons. The van der Waals surface area contributed by atoms with Crippen molar-refractivity contribution in [2.45, 2.75) is 19.1 Å². The Morgan fingerprint density at radius 1 is 1.36 bits per heavy atom. The van der Waals surface area contributed by atoms with Crippen molar-refractivity contribution < 1.29 is 13.9 Å². The van der Waals surface area contributed by atoms with E-state index in [4.69, 9.17) is 15.9 Å². The highest BCUT2D eigenvalue weighted by Crippen LogP contribution is 2.22. The predicted octanol–water partition coefficient (Wildman–Crippen LogP) is 1.39. The molecule has 0 saturated heterocycles. The second kappa shape index (κ2) is 5.86. The zero-order valence-corrected chi connectivity index (χ0v) is 11.7. The van der Waals surface area contributed by atoms with Crippen molar-refractivity contribution in [3.63, 3.8) is 0 Å². The van der Waals surface area contributed by atoms with Crippen molar-refractivity contribution >= 4 is 17.0 Å². The summed E-state index contributed by atoms with van der Waals surface area (Å²) in [6.45, 7) is -0.165. The molecule has 1 amide bonds. The topological polar surface area (TPSA) is 133 Å². The summed E-state index contributed by atoms with van der Waals surface area (Å²) in [4.78, 5) is 13.7. The van der Waals surface area contributed by atoms with Gasteiger partial charge in [0.2, 0.25) is 5.89 Å². The molecule has 8 heteroatoms. The first-order valence-electron chi connectivity index (χ1n) is 6.68. The molecule has 1 atom stereocenters. The van der Waals surface area contributed by atoms with Gasteiger partial charge in [-0.05, 0) is 18.1 Å². The van der Waals surface area contributed by atoms with Gasteiger partial charge in [0.25, 0.3) is 5.89 Å². The molecule has 0 saturated carbocycles. The number of benzene rings is 1. The summed E-state index contributed by atoms with van der Waals surface area (Å²) in [7, 11) is 0. The minimum absolute atomic E-state index is 0.156. The zero-order chi connectivity index (χ0) is 15.5. The van der Waals surface area contributed by atoms with Crippen LogP contribution in [0.5, 0.6) is 0 Å². The lowest BCUT2D eigenvalue weighted by molar-refractivity contribution is 0.138. The lowest BCUT2D eigenvalue weighted by atomic mass is 10.1. The summed E-state index contributed by atoms with van der Waals surface area (Å²) < 4.78 is 9.95. The third-order valence-corrected chi connectivity index (χ3v) is 3.25. The lowest BCUT2D eigenvalue weighted by Gasteiger charge is -2.05. The van der Waals surface area contributed by atoms with Gasteiger partial charge in [-0.15, -0.1) is 10.2 Å². The number of nitrogens with one attached hydrogen (secondary N) is 1. The molecule has 0 aliphatic heterocycles. The van der Waals surface area contributed by atoms with Gasteiger partial charge in [-0.2, -0.15) is 0 Å². The number of carbonyl (C=O) groups excluding carboxylic acids is 1. The summed E-state index contributed by atoms with van der Waals surface area (Å²) in [5.74, 6) is 0.441. The van der Waals surface area contributed by atoms with Crippen LogP contribution in [0.1, 0.15) is 23.4 Å². The molecule has 0 aliphatic carbocycles. The number of carbonyl (C=O) groups is 1. The summed E-state index contributed by atoms with van der Waals surface area (Å²) in [6, 6.07) is 7.50. The number of ether oxygens (including phenoxy) is 1. The standard InChI is InChI=1S/C14H15N5O3/c15-10(13-19-18-12(22-13)7-21-14(16)20)5-8-6-17-11-4-2-1-3-9(8)11/h1-4,6,10,17H,5,7,15H2,(H2,16,20). The molecule has 2 heterocycles. The van der Waals surface area contributed by atoms with E-state index in [1.54, 1.807) is 0 Å². The van der Waals surface area contributed by atoms with Crippen molar-refractivity contribution in [1.29, 1.82) is 0 Å². The maximum atomic E-state index is 10.5. The van der Waals surface area contributed by atoms with E-state index in [0.717, 1.165) is 16.5 Å². The Kier molecular flexibility index (Phi) is 3.75. The van der Waals surface area contributed by atoms with Crippen molar-refractivity contribution in [2.75, 3.05) is 0 Å². The van der Waals surface area contributed by atoms with Crippen molar-refractivity contribution in [2.24, 2.45) is 11.5 Å². The Morgan fingerprint density at radius 3 is 3.00 bits per heavy atom. The number of H-pyrrole nitrogens is 1. The quantitative estimate of drug-likeness (QED) is 0.652. The fourth-order valence-electron chi connectivity index (χ4n) is 2.23. The van der Waals surface area contributed by atoms with Gasteiger partial charge >= 0.3 is 6.09 Å². The Hall–Kier alpha value is -2.87. The third kappa shape index (κ3) is 2.91. The first kappa shape index (κ1) is 14.1. The number of rotatable bonds is 5. The molecule has 1 aromatic carbocycles. The number of nitrogens with two attached hydrogens (primary N) is 2. The van der Waals surface area contributed by atoms with Gasteiger partial charge in [0.1, 0.15) is 0 Å². The molecule has 8 nitrogen and oxygen atoms in total. The Bertz CT molecular complexity index is 794. The first-order chi connectivity index (χ1) is 10.6. The molecule has 0 aliphatic rings. The number of primary amides is 1.